The molecule has 3 aromatic rings. The number of fused-ring (bicyclic) bond motifs is 3. The van der Waals surface area contributed by atoms with E-state index in [1.165, 1.54) is 12.3 Å². The molecule has 1 fully saturated rings. The quantitative estimate of drug-likeness (QED) is 0.576. The zero-order valence-electron chi connectivity index (χ0n) is 17.6. The Bertz CT molecular complexity index is 1210. The van der Waals surface area contributed by atoms with Gasteiger partial charge in [-0.2, -0.15) is 5.10 Å². The third-order valence-electron chi connectivity index (χ3n) is 6.40. The van der Waals surface area contributed by atoms with Crippen LogP contribution in [0.4, 0.5) is 10.2 Å². The van der Waals surface area contributed by atoms with Crippen molar-refractivity contribution in [3.63, 3.8) is 0 Å². The number of anilines is 1. The molecular weight excluding hydrogens is 415 g/mol. The van der Waals surface area contributed by atoms with Crippen molar-refractivity contribution in [2.24, 2.45) is 0 Å². The maximum Gasteiger partial charge on any atom is 0.256 e. The molecule has 9 nitrogen and oxygen atoms in total. The first-order valence-electron chi connectivity index (χ1n) is 11.0. The number of amides is 1. The van der Waals surface area contributed by atoms with Crippen LogP contribution < -0.4 is 19.7 Å². The fraction of sp³-hybridized carbons (Fsp3) is 0.455. The summed E-state index contributed by atoms with van der Waals surface area (Å²) in [5.41, 5.74) is 1.47. The number of carbonyl (C=O) groups excluding carboxylic acids is 1. The van der Waals surface area contributed by atoms with Crippen LogP contribution in [0.3, 0.4) is 0 Å². The Morgan fingerprint density at radius 2 is 2.09 bits per heavy atom. The second kappa shape index (κ2) is 7.32. The first-order valence-corrected chi connectivity index (χ1v) is 11.0. The van der Waals surface area contributed by atoms with E-state index in [-0.39, 0.29) is 30.7 Å². The first kappa shape index (κ1) is 19.3. The number of hydrogen-bond acceptors (Lipinski definition) is 7. The molecule has 2 aliphatic heterocycles. The molecule has 2 bridgehead atoms. The van der Waals surface area contributed by atoms with E-state index < -0.39 is 5.82 Å². The predicted octanol–water partition coefficient (Wildman–Crippen LogP) is 2.48. The Balaban J connectivity index is 1.55. The van der Waals surface area contributed by atoms with Gasteiger partial charge in [0.25, 0.3) is 5.91 Å². The number of rotatable bonds is 0. The van der Waals surface area contributed by atoms with Crippen molar-refractivity contribution in [1.82, 2.24) is 24.9 Å². The second-order valence-corrected chi connectivity index (χ2v) is 8.65. The fourth-order valence-electron chi connectivity index (χ4n) is 4.85. The Morgan fingerprint density at radius 3 is 3.00 bits per heavy atom. The topological polar surface area (TPSA) is 93.9 Å². The summed E-state index contributed by atoms with van der Waals surface area (Å²) < 4.78 is 28.1. The van der Waals surface area contributed by atoms with Gasteiger partial charge < -0.3 is 19.7 Å². The minimum Gasteiger partial charge on any atom is -0.483 e. The second-order valence-electron chi connectivity index (χ2n) is 8.65. The minimum absolute atomic E-state index is 0.00863. The summed E-state index contributed by atoms with van der Waals surface area (Å²) in [5.74, 6) is 0.876. The molecule has 0 spiro atoms. The molecule has 0 unspecified atom stereocenters. The van der Waals surface area contributed by atoms with Crippen molar-refractivity contribution in [2.75, 3.05) is 11.4 Å². The van der Waals surface area contributed by atoms with Crippen LogP contribution in [-0.2, 0) is 6.54 Å². The minimum atomic E-state index is -0.423. The molecule has 5 heterocycles. The zero-order valence-corrected chi connectivity index (χ0v) is 17.6. The fourth-order valence-corrected chi connectivity index (χ4v) is 4.85. The molecule has 1 amide bonds. The molecular formula is C22H23FN6O3. The number of pyridine rings is 1. The van der Waals surface area contributed by atoms with Crippen molar-refractivity contribution in [1.29, 1.82) is 0 Å². The number of nitrogens with one attached hydrogen (secondary N) is 1. The molecule has 0 radical (unpaired) electrons. The third kappa shape index (κ3) is 3.12. The van der Waals surface area contributed by atoms with Gasteiger partial charge in [0.05, 0.1) is 37.7 Å². The van der Waals surface area contributed by atoms with E-state index in [1.807, 2.05) is 6.92 Å². The summed E-state index contributed by atoms with van der Waals surface area (Å²) >= 11 is 0. The van der Waals surface area contributed by atoms with Gasteiger partial charge in [-0.15, -0.1) is 0 Å². The maximum absolute atomic E-state index is 14.2. The van der Waals surface area contributed by atoms with Gasteiger partial charge in [0.2, 0.25) is 5.88 Å². The lowest BCUT2D eigenvalue weighted by Crippen LogP contribution is -2.51. The number of ether oxygens (including phenoxy) is 2. The molecule has 3 aromatic heterocycles. The molecule has 10 heteroatoms. The van der Waals surface area contributed by atoms with Gasteiger partial charge in [-0.25, -0.2) is 18.9 Å². The number of aromatic nitrogens is 4. The molecule has 3 atom stereocenters. The van der Waals surface area contributed by atoms with E-state index in [9.17, 15) is 9.18 Å². The van der Waals surface area contributed by atoms with Crippen molar-refractivity contribution in [2.45, 2.75) is 57.4 Å². The van der Waals surface area contributed by atoms with E-state index in [1.54, 1.807) is 10.7 Å². The summed E-state index contributed by atoms with van der Waals surface area (Å²) in [4.78, 5) is 24.0. The highest BCUT2D eigenvalue weighted by molar-refractivity contribution is 5.99. The standard InChI is InChI=1S/C22H23FN6O3/c1-12-7-24-21(30)15-9-26-29-11-18-20(27-19(15)29)28(16-4-2-3-5-17(16)32-18)10-13-6-14(23)8-25-22(13)31-12/h6,8-9,11-12,16-17H,2-5,7,10H2,1H3,(H,24,30)/t12-,16+,17-/m0/s1. The van der Waals surface area contributed by atoms with Gasteiger partial charge in [0, 0.05) is 5.56 Å². The monoisotopic (exact) mass is 438 g/mol. The highest BCUT2D eigenvalue weighted by Crippen LogP contribution is 2.41. The summed E-state index contributed by atoms with van der Waals surface area (Å²) in [7, 11) is 0. The molecule has 166 valence electrons. The average molecular weight is 438 g/mol. The van der Waals surface area contributed by atoms with Crippen LogP contribution in [0.2, 0.25) is 0 Å². The van der Waals surface area contributed by atoms with E-state index in [4.69, 9.17) is 14.5 Å². The molecule has 0 saturated heterocycles. The highest BCUT2D eigenvalue weighted by atomic mass is 19.1. The smallest absolute Gasteiger partial charge is 0.256 e. The van der Waals surface area contributed by atoms with Crippen molar-refractivity contribution >= 4 is 17.4 Å². The Labute approximate surface area is 183 Å². The summed E-state index contributed by atoms with van der Waals surface area (Å²) in [6.07, 6.45) is 8.15. The lowest BCUT2D eigenvalue weighted by atomic mass is 9.89. The third-order valence-corrected chi connectivity index (χ3v) is 6.40. The van der Waals surface area contributed by atoms with Crippen LogP contribution in [0, 0.1) is 5.82 Å². The van der Waals surface area contributed by atoms with Crippen molar-refractivity contribution < 1.29 is 18.7 Å². The van der Waals surface area contributed by atoms with Gasteiger partial charge in [0.1, 0.15) is 23.6 Å². The predicted molar refractivity (Wildman–Crippen MR) is 112 cm³/mol. The van der Waals surface area contributed by atoms with E-state index in [0.29, 0.717) is 40.8 Å². The largest absolute Gasteiger partial charge is 0.483 e. The maximum atomic E-state index is 14.2. The molecule has 0 aromatic carbocycles. The molecule has 3 aliphatic rings. The molecule has 1 aliphatic carbocycles. The number of hydrogen-bond donors (Lipinski definition) is 1. The van der Waals surface area contributed by atoms with E-state index in [0.717, 1.165) is 31.9 Å². The van der Waals surface area contributed by atoms with Gasteiger partial charge >= 0.3 is 0 Å². The molecule has 32 heavy (non-hydrogen) atoms. The van der Waals surface area contributed by atoms with E-state index in [2.05, 4.69) is 20.3 Å². The SMILES string of the molecule is C[C@H]1CNC(=O)c2cnn3cc4c(nc23)N(Cc2cc(F)cnc2O1)[C@@H]1CCCC[C@@H]1O4. The molecule has 1 saturated carbocycles. The molecule has 1 N–H and O–H groups in total. The van der Waals surface area contributed by atoms with Crippen LogP contribution in [0.1, 0.15) is 48.5 Å². The normalized spacial score (nSPS) is 24.9. The summed E-state index contributed by atoms with van der Waals surface area (Å²) in [5, 5.41) is 7.18. The summed E-state index contributed by atoms with van der Waals surface area (Å²) in [6.45, 7) is 2.47. The van der Waals surface area contributed by atoms with Crippen LogP contribution in [0.25, 0.3) is 5.65 Å². The van der Waals surface area contributed by atoms with Gasteiger partial charge in [-0.05, 0) is 32.3 Å². The Kier molecular flexibility index (Phi) is 4.41. The van der Waals surface area contributed by atoms with Gasteiger partial charge in [-0.3, -0.25) is 4.79 Å². The van der Waals surface area contributed by atoms with Crippen molar-refractivity contribution in [3.05, 3.63) is 41.6 Å². The van der Waals surface area contributed by atoms with Crippen molar-refractivity contribution in [3.8, 4) is 11.6 Å². The van der Waals surface area contributed by atoms with Gasteiger partial charge in [-0.1, -0.05) is 6.42 Å². The number of carbonyl (C=O) groups is 1. The van der Waals surface area contributed by atoms with Gasteiger partial charge in [0.15, 0.2) is 17.2 Å². The lowest BCUT2D eigenvalue weighted by molar-refractivity contribution is 0.0932. The van der Waals surface area contributed by atoms with Crippen LogP contribution >= 0.6 is 0 Å². The van der Waals surface area contributed by atoms with Crippen LogP contribution in [-0.4, -0.2) is 50.3 Å². The molecule has 6 rings (SSSR count). The van der Waals surface area contributed by atoms with Crippen LogP contribution in [0.5, 0.6) is 11.6 Å². The Morgan fingerprint density at radius 1 is 1.22 bits per heavy atom. The zero-order chi connectivity index (χ0) is 21.8. The number of halogens is 1. The Hall–Kier alpha value is -3.43. The first-order chi connectivity index (χ1) is 15.6. The highest BCUT2D eigenvalue weighted by Gasteiger charge is 2.39. The summed E-state index contributed by atoms with van der Waals surface area (Å²) in [6, 6.07) is 1.55. The number of nitrogens with zero attached hydrogens (tertiary/aromatic N) is 5. The average Bonchev–Trinajstić information content (AvgIpc) is 3.20. The van der Waals surface area contributed by atoms with Crippen LogP contribution in [0.15, 0.2) is 24.7 Å². The lowest BCUT2D eigenvalue weighted by Gasteiger charge is -2.45. The van der Waals surface area contributed by atoms with E-state index >= 15 is 0 Å².